The number of nitrogens with zero attached hydrogens (tertiary/aromatic N) is 1. The first kappa shape index (κ1) is 20.4. The Kier molecular flexibility index (Phi) is 6.09. The summed E-state index contributed by atoms with van der Waals surface area (Å²) in [7, 11) is 0. The van der Waals surface area contributed by atoms with Crippen LogP contribution in [-0.4, -0.2) is 19.2 Å². The molecule has 1 N–H and O–H groups in total. The van der Waals surface area contributed by atoms with Crippen LogP contribution < -0.4 is 5.32 Å². The number of fused-ring (bicyclic) bond motifs is 3. The highest BCUT2D eigenvalue weighted by molar-refractivity contribution is 5.79. The van der Waals surface area contributed by atoms with Gasteiger partial charge in [0, 0.05) is 18.0 Å². The summed E-state index contributed by atoms with van der Waals surface area (Å²) in [5.74, 6) is -0.515. The zero-order chi connectivity index (χ0) is 21.6. The van der Waals surface area contributed by atoms with E-state index in [1.165, 1.54) is 28.3 Å². The fourth-order valence-electron chi connectivity index (χ4n) is 3.88. The molecule has 0 spiro atoms. The Morgan fingerprint density at radius 2 is 1.71 bits per heavy atom. The number of nitrogens with one attached hydrogen (secondary N) is 1. The second-order valence-corrected chi connectivity index (χ2v) is 7.26. The number of ether oxygens (including phenoxy) is 1. The van der Waals surface area contributed by atoms with Crippen LogP contribution in [0.3, 0.4) is 0 Å². The van der Waals surface area contributed by atoms with Crippen molar-refractivity contribution in [2.75, 3.05) is 13.2 Å². The molecule has 154 valence electrons. The van der Waals surface area contributed by atoms with Crippen molar-refractivity contribution >= 4 is 12.2 Å². The van der Waals surface area contributed by atoms with Crippen molar-refractivity contribution < 1.29 is 13.9 Å². The molecule has 3 aromatic carbocycles. The third kappa shape index (κ3) is 4.34. The molecule has 4 rings (SSSR count). The van der Waals surface area contributed by atoms with Crippen LogP contribution in [0, 0.1) is 17.1 Å². The molecule has 0 radical (unpaired) electrons. The van der Waals surface area contributed by atoms with E-state index in [4.69, 9.17) is 10.00 Å². The molecule has 1 amide bonds. The number of halogens is 1. The molecule has 0 bridgehead atoms. The summed E-state index contributed by atoms with van der Waals surface area (Å²) in [4.78, 5) is 12.1. The lowest BCUT2D eigenvalue weighted by molar-refractivity contribution is 0.143. The van der Waals surface area contributed by atoms with Crippen molar-refractivity contribution in [3.05, 3.63) is 101 Å². The summed E-state index contributed by atoms with van der Waals surface area (Å²) in [6.07, 6.45) is 3.40. The van der Waals surface area contributed by atoms with Gasteiger partial charge in [-0.15, -0.1) is 0 Å². The van der Waals surface area contributed by atoms with Gasteiger partial charge in [0.2, 0.25) is 0 Å². The Labute approximate surface area is 180 Å². The number of alkyl carbamates (subject to hydrolysis) is 1. The number of hydrogen-bond acceptors (Lipinski definition) is 3. The molecule has 5 heteroatoms. The Morgan fingerprint density at radius 3 is 2.39 bits per heavy atom. The lowest BCUT2D eigenvalue weighted by atomic mass is 9.98. The molecule has 1 aliphatic carbocycles. The summed E-state index contributed by atoms with van der Waals surface area (Å²) in [5.41, 5.74) is 5.07. The fourth-order valence-corrected chi connectivity index (χ4v) is 3.88. The summed E-state index contributed by atoms with van der Waals surface area (Å²) >= 11 is 0. The van der Waals surface area contributed by atoms with E-state index in [0.29, 0.717) is 18.5 Å². The van der Waals surface area contributed by atoms with E-state index in [0.717, 1.165) is 0 Å². The van der Waals surface area contributed by atoms with Gasteiger partial charge in [-0.05, 0) is 34.7 Å². The molecule has 0 unspecified atom stereocenters. The van der Waals surface area contributed by atoms with Crippen molar-refractivity contribution in [1.82, 2.24) is 5.32 Å². The lowest BCUT2D eigenvalue weighted by Gasteiger charge is -2.14. The van der Waals surface area contributed by atoms with Crippen LogP contribution in [0.25, 0.3) is 17.2 Å². The van der Waals surface area contributed by atoms with Crippen molar-refractivity contribution in [2.24, 2.45) is 0 Å². The van der Waals surface area contributed by atoms with Crippen molar-refractivity contribution in [3.63, 3.8) is 0 Å². The molecule has 0 aliphatic heterocycles. The molecular formula is C26H21FN2O2. The quantitative estimate of drug-likeness (QED) is 0.533. The highest BCUT2D eigenvalue weighted by Crippen LogP contribution is 2.44. The molecular weight excluding hydrogens is 391 g/mol. The molecule has 0 heterocycles. The average Bonchev–Trinajstić information content (AvgIpc) is 3.12. The number of rotatable bonds is 6. The second-order valence-electron chi connectivity index (χ2n) is 7.26. The smallest absolute Gasteiger partial charge is 0.407 e. The van der Waals surface area contributed by atoms with E-state index >= 15 is 0 Å². The van der Waals surface area contributed by atoms with E-state index in [2.05, 4.69) is 29.6 Å². The first-order valence-electron chi connectivity index (χ1n) is 10.1. The highest BCUT2D eigenvalue weighted by atomic mass is 19.1. The molecule has 4 nitrogen and oxygen atoms in total. The largest absolute Gasteiger partial charge is 0.449 e. The molecule has 0 saturated carbocycles. The first-order chi connectivity index (χ1) is 15.2. The Bertz CT molecular complexity index is 1130. The van der Waals surface area contributed by atoms with E-state index in [1.54, 1.807) is 24.3 Å². The number of amides is 1. The maximum Gasteiger partial charge on any atom is 0.407 e. The van der Waals surface area contributed by atoms with Gasteiger partial charge in [-0.25, -0.2) is 9.18 Å². The minimum Gasteiger partial charge on any atom is -0.449 e. The highest BCUT2D eigenvalue weighted by Gasteiger charge is 2.28. The molecule has 0 aromatic heterocycles. The standard InChI is InChI=1S/C26H21FN2O2/c27-25-18(9-7-10-19(25)16-28)8-5-6-15-29-26(30)31-17-24-22-13-3-1-11-20(22)21-12-2-4-14-23(21)24/h1-5,7-14,24H,6,15,17H2,(H,29,30). The van der Waals surface area contributed by atoms with Gasteiger partial charge in [0.1, 0.15) is 18.5 Å². The first-order valence-corrected chi connectivity index (χ1v) is 10.1. The van der Waals surface area contributed by atoms with Crippen LogP contribution in [0.1, 0.15) is 34.6 Å². The van der Waals surface area contributed by atoms with E-state index in [-0.39, 0.29) is 18.1 Å². The van der Waals surface area contributed by atoms with E-state index in [1.807, 2.05) is 30.3 Å². The topological polar surface area (TPSA) is 62.1 Å². The van der Waals surface area contributed by atoms with Gasteiger partial charge in [-0.2, -0.15) is 5.26 Å². The maximum absolute atomic E-state index is 14.0. The zero-order valence-corrected chi connectivity index (χ0v) is 16.8. The van der Waals surface area contributed by atoms with Gasteiger partial charge in [0.15, 0.2) is 0 Å². The third-order valence-electron chi connectivity index (χ3n) is 5.37. The van der Waals surface area contributed by atoms with Crippen LogP contribution in [0.4, 0.5) is 9.18 Å². The number of nitriles is 1. The third-order valence-corrected chi connectivity index (χ3v) is 5.37. The van der Waals surface area contributed by atoms with Crippen LogP contribution >= 0.6 is 0 Å². The predicted octanol–water partition coefficient (Wildman–Crippen LogP) is 5.64. The molecule has 1 aliphatic rings. The Morgan fingerprint density at radius 1 is 1.03 bits per heavy atom. The van der Waals surface area contributed by atoms with Gasteiger partial charge in [0.05, 0.1) is 5.56 Å². The summed E-state index contributed by atoms with van der Waals surface area (Å²) in [6.45, 7) is 0.634. The summed E-state index contributed by atoms with van der Waals surface area (Å²) < 4.78 is 19.5. The number of carbonyl (C=O) groups is 1. The molecule has 0 saturated heterocycles. The average molecular weight is 412 g/mol. The second kappa shape index (κ2) is 9.27. The number of carbonyl (C=O) groups excluding carboxylic acids is 1. The number of benzene rings is 3. The number of hydrogen-bond donors (Lipinski definition) is 1. The van der Waals surface area contributed by atoms with Crippen LogP contribution in [-0.2, 0) is 4.74 Å². The van der Waals surface area contributed by atoms with E-state index < -0.39 is 11.9 Å². The van der Waals surface area contributed by atoms with Crippen molar-refractivity contribution in [3.8, 4) is 17.2 Å². The minimum absolute atomic E-state index is 0.0129. The Balaban J connectivity index is 1.28. The van der Waals surface area contributed by atoms with Gasteiger partial charge in [0.25, 0.3) is 0 Å². The minimum atomic E-state index is -0.536. The fraction of sp³-hybridized carbons (Fsp3) is 0.154. The lowest BCUT2D eigenvalue weighted by Crippen LogP contribution is -2.26. The summed E-state index contributed by atoms with van der Waals surface area (Å²) in [6, 6.07) is 22.9. The van der Waals surface area contributed by atoms with Gasteiger partial charge in [-0.3, -0.25) is 0 Å². The molecule has 0 fully saturated rings. The Hall–Kier alpha value is -3.91. The van der Waals surface area contributed by atoms with Crippen LogP contribution in [0.5, 0.6) is 0 Å². The molecule has 3 aromatic rings. The maximum atomic E-state index is 14.0. The van der Waals surface area contributed by atoms with Crippen molar-refractivity contribution in [1.29, 1.82) is 5.26 Å². The van der Waals surface area contributed by atoms with Gasteiger partial charge < -0.3 is 10.1 Å². The van der Waals surface area contributed by atoms with Gasteiger partial charge >= 0.3 is 6.09 Å². The van der Waals surface area contributed by atoms with Gasteiger partial charge in [-0.1, -0.05) is 72.8 Å². The summed E-state index contributed by atoms with van der Waals surface area (Å²) in [5, 5.41) is 11.6. The monoisotopic (exact) mass is 412 g/mol. The predicted molar refractivity (Wildman–Crippen MR) is 118 cm³/mol. The zero-order valence-electron chi connectivity index (χ0n) is 16.8. The SMILES string of the molecule is N#Cc1cccc(C=CCCNC(=O)OCC2c3ccccc3-c3ccccc32)c1F. The normalized spacial score (nSPS) is 12.3. The van der Waals surface area contributed by atoms with Crippen LogP contribution in [0.15, 0.2) is 72.8 Å². The van der Waals surface area contributed by atoms with Crippen LogP contribution in [0.2, 0.25) is 0 Å². The molecule has 31 heavy (non-hydrogen) atoms. The van der Waals surface area contributed by atoms with E-state index in [9.17, 15) is 9.18 Å². The van der Waals surface area contributed by atoms with Crippen molar-refractivity contribution in [2.45, 2.75) is 12.3 Å². The molecule has 0 atom stereocenters.